The van der Waals surface area contributed by atoms with Crippen molar-refractivity contribution in [2.45, 2.75) is 6.92 Å². The maximum atomic E-state index is 13.4. The van der Waals surface area contributed by atoms with Crippen LogP contribution in [0.5, 0.6) is 11.6 Å². The van der Waals surface area contributed by atoms with E-state index in [1.807, 2.05) is 0 Å². The van der Waals surface area contributed by atoms with Crippen molar-refractivity contribution in [3.63, 3.8) is 0 Å². The van der Waals surface area contributed by atoms with Crippen LogP contribution in [0.1, 0.15) is 33.2 Å². The van der Waals surface area contributed by atoms with Crippen LogP contribution in [0, 0.1) is 0 Å². The van der Waals surface area contributed by atoms with Gasteiger partial charge in [0.2, 0.25) is 5.88 Å². The maximum Gasteiger partial charge on any atom is 0.338 e. The predicted molar refractivity (Wildman–Crippen MR) is 128 cm³/mol. The highest BCUT2D eigenvalue weighted by atomic mass is 79.9. The molecular formula is C26H20BrNO5. The highest BCUT2D eigenvalue weighted by Gasteiger charge is 2.29. The van der Waals surface area contributed by atoms with E-state index in [2.05, 4.69) is 15.9 Å². The lowest BCUT2D eigenvalue weighted by molar-refractivity contribution is 0.0526. The van der Waals surface area contributed by atoms with E-state index in [9.17, 15) is 19.8 Å². The van der Waals surface area contributed by atoms with Gasteiger partial charge in [-0.25, -0.2) is 4.79 Å². The van der Waals surface area contributed by atoms with Crippen molar-refractivity contribution in [1.29, 1.82) is 0 Å². The van der Waals surface area contributed by atoms with Crippen molar-refractivity contribution in [2.75, 3.05) is 6.61 Å². The number of benzene rings is 3. The first kappa shape index (κ1) is 22.4. The Labute approximate surface area is 198 Å². The van der Waals surface area contributed by atoms with Gasteiger partial charge in [-0.15, -0.1) is 0 Å². The van der Waals surface area contributed by atoms with E-state index in [0.717, 1.165) is 4.47 Å². The summed E-state index contributed by atoms with van der Waals surface area (Å²) in [6.07, 6.45) is 0. The molecule has 2 N–H and O–H groups in total. The lowest BCUT2D eigenvalue weighted by Gasteiger charge is -2.13. The molecule has 0 aliphatic carbocycles. The molecule has 1 aromatic heterocycles. The molecule has 166 valence electrons. The van der Waals surface area contributed by atoms with Gasteiger partial charge < -0.3 is 14.9 Å². The number of carbonyl (C=O) groups excluding carboxylic acids is 2. The number of aromatic hydroxyl groups is 2. The highest BCUT2D eigenvalue weighted by molar-refractivity contribution is 9.10. The summed E-state index contributed by atoms with van der Waals surface area (Å²) in [6, 6.07) is 22.1. The number of carbonyl (C=O) groups is 2. The Morgan fingerprint density at radius 3 is 2.12 bits per heavy atom. The standard InChI is InChI=1S/C26H20BrNO5/c1-2-33-26(32)18-10-14-20(15-11-18)28-22(16-8-12-19(27)13-9-16)21(24(30)25(28)31)23(29)17-6-4-3-5-7-17/h3-15,30-31H,2H2,1H3. The normalized spacial score (nSPS) is 10.7. The van der Waals surface area contributed by atoms with E-state index in [0.29, 0.717) is 28.1 Å². The van der Waals surface area contributed by atoms with Crippen molar-refractivity contribution < 1.29 is 24.5 Å². The van der Waals surface area contributed by atoms with Gasteiger partial charge in [-0.3, -0.25) is 9.36 Å². The Bertz CT molecular complexity index is 1310. The molecule has 1 heterocycles. The molecule has 0 atom stereocenters. The first-order chi connectivity index (χ1) is 15.9. The van der Waals surface area contributed by atoms with Crippen molar-refractivity contribution in [2.24, 2.45) is 0 Å². The monoisotopic (exact) mass is 505 g/mol. The largest absolute Gasteiger partial charge is 0.503 e. The molecule has 6 nitrogen and oxygen atoms in total. The molecule has 0 saturated carbocycles. The van der Waals surface area contributed by atoms with Gasteiger partial charge >= 0.3 is 5.97 Å². The molecule has 0 bridgehead atoms. The number of halogens is 1. The Balaban J connectivity index is 1.93. The minimum Gasteiger partial charge on any atom is -0.503 e. The first-order valence-electron chi connectivity index (χ1n) is 10.2. The first-order valence-corrected chi connectivity index (χ1v) is 11.0. The van der Waals surface area contributed by atoms with E-state index >= 15 is 0 Å². The quantitative estimate of drug-likeness (QED) is 0.258. The number of aromatic nitrogens is 1. The van der Waals surface area contributed by atoms with E-state index in [1.54, 1.807) is 85.8 Å². The molecule has 0 saturated heterocycles. The lowest BCUT2D eigenvalue weighted by atomic mass is 9.99. The van der Waals surface area contributed by atoms with Crippen LogP contribution in [0.3, 0.4) is 0 Å². The third-order valence-electron chi connectivity index (χ3n) is 5.14. The number of hydrogen-bond acceptors (Lipinski definition) is 5. The second-order valence-corrected chi connectivity index (χ2v) is 8.12. The van der Waals surface area contributed by atoms with Crippen molar-refractivity contribution in [3.05, 3.63) is 100 Å². The maximum absolute atomic E-state index is 13.4. The molecule has 0 fully saturated rings. The third kappa shape index (κ3) is 4.27. The smallest absolute Gasteiger partial charge is 0.338 e. The minimum absolute atomic E-state index is 0.0181. The zero-order valence-corrected chi connectivity index (χ0v) is 19.2. The number of nitrogens with zero attached hydrogens (tertiary/aromatic N) is 1. The third-order valence-corrected chi connectivity index (χ3v) is 5.67. The van der Waals surface area contributed by atoms with Gasteiger partial charge in [0.15, 0.2) is 11.5 Å². The predicted octanol–water partition coefficient (Wildman–Crippen LogP) is 5.73. The van der Waals surface area contributed by atoms with Crippen molar-refractivity contribution >= 4 is 27.7 Å². The summed E-state index contributed by atoms with van der Waals surface area (Å²) >= 11 is 3.40. The Morgan fingerprint density at radius 1 is 0.879 bits per heavy atom. The van der Waals surface area contributed by atoms with Gasteiger partial charge in [0.05, 0.1) is 23.4 Å². The summed E-state index contributed by atoms with van der Waals surface area (Å²) in [5.41, 5.74) is 2.11. The molecule has 33 heavy (non-hydrogen) atoms. The van der Waals surface area contributed by atoms with Crippen molar-refractivity contribution in [3.8, 4) is 28.6 Å². The number of ether oxygens (including phenoxy) is 1. The molecule has 0 spiro atoms. The number of rotatable bonds is 6. The summed E-state index contributed by atoms with van der Waals surface area (Å²) in [7, 11) is 0. The average Bonchev–Trinajstić information content (AvgIpc) is 3.10. The second-order valence-electron chi connectivity index (χ2n) is 7.20. The van der Waals surface area contributed by atoms with Crippen LogP contribution < -0.4 is 0 Å². The molecule has 4 aromatic rings. The molecule has 0 amide bonds. The van der Waals surface area contributed by atoms with E-state index in [-0.39, 0.29) is 12.2 Å². The second kappa shape index (κ2) is 9.34. The molecule has 4 rings (SSSR count). The van der Waals surface area contributed by atoms with Crippen molar-refractivity contribution in [1.82, 2.24) is 4.57 Å². The van der Waals surface area contributed by atoms with Crippen LogP contribution in [0.2, 0.25) is 0 Å². The molecular weight excluding hydrogens is 486 g/mol. The fourth-order valence-electron chi connectivity index (χ4n) is 3.59. The fraction of sp³-hybridized carbons (Fsp3) is 0.0769. The molecule has 0 unspecified atom stereocenters. The average molecular weight is 506 g/mol. The zero-order valence-electron chi connectivity index (χ0n) is 17.7. The van der Waals surface area contributed by atoms with Gasteiger partial charge in [-0.2, -0.15) is 0 Å². The summed E-state index contributed by atoms with van der Waals surface area (Å²) < 4.78 is 7.25. The topological polar surface area (TPSA) is 88.8 Å². The number of ketones is 1. The summed E-state index contributed by atoms with van der Waals surface area (Å²) in [6.45, 7) is 1.98. The van der Waals surface area contributed by atoms with Gasteiger partial charge in [0.1, 0.15) is 0 Å². The molecule has 0 aliphatic rings. The summed E-state index contributed by atoms with van der Waals surface area (Å²) in [5, 5.41) is 21.7. The number of hydrogen-bond donors (Lipinski definition) is 2. The van der Waals surface area contributed by atoms with Crippen LogP contribution in [0.15, 0.2) is 83.3 Å². The van der Waals surface area contributed by atoms with Gasteiger partial charge in [-0.1, -0.05) is 58.4 Å². The van der Waals surface area contributed by atoms with Crippen LogP contribution in [-0.2, 0) is 4.74 Å². The number of esters is 1. The molecule has 7 heteroatoms. The summed E-state index contributed by atoms with van der Waals surface area (Å²) in [5.74, 6) is -1.88. The van der Waals surface area contributed by atoms with Crippen LogP contribution in [-0.4, -0.2) is 33.1 Å². The van der Waals surface area contributed by atoms with E-state index in [1.165, 1.54) is 4.57 Å². The Kier molecular flexibility index (Phi) is 6.33. The van der Waals surface area contributed by atoms with Gasteiger partial charge in [0.25, 0.3) is 0 Å². The van der Waals surface area contributed by atoms with Gasteiger partial charge in [-0.05, 0) is 48.9 Å². The van der Waals surface area contributed by atoms with Gasteiger partial charge in [0, 0.05) is 15.7 Å². The molecule has 0 radical (unpaired) electrons. The Hall–Kier alpha value is -3.84. The lowest BCUT2D eigenvalue weighted by Crippen LogP contribution is -2.06. The van der Waals surface area contributed by atoms with Crippen LogP contribution >= 0.6 is 15.9 Å². The fourth-order valence-corrected chi connectivity index (χ4v) is 3.85. The summed E-state index contributed by atoms with van der Waals surface area (Å²) in [4.78, 5) is 25.4. The minimum atomic E-state index is -0.517. The SMILES string of the molecule is CCOC(=O)c1ccc(-n2c(O)c(O)c(C(=O)c3ccccc3)c2-c2ccc(Br)cc2)cc1. The zero-order chi connectivity index (χ0) is 23.5. The van der Waals surface area contributed by atoms with E-state index < -0.39 is 23.4 Å². The molecule has 0 aliphatic heterocycles. The van der Waals surface area contributed by atoms with Crippen LogP contribution in [0.25, 0.3) is 16.9 Å². The van der Waals surface area contributed by atoms with Crippen LogP contribution in [0.4, 0.5) is 0 Å². The van der Waals surface area contributed by atoms with E-state index in [4.69, 9.17) is 4.74 Å². The molecule has 3 aromatic carbocycles. The highest BCUT2D eigenvalue weighted by Crippen LogP contribution is 2.44. The Morgan fingerprint density at radius 2 is 1.52 bits per heavy atom.